The van der Waals surface area contributed by atoms with Crippen LogP contribution in [0.25, 0.3) is 0 Å². The Morgan fingerprint density at radius 2 is 2.08 bits per heavy atom. The van der Waals surface area contributed by atoms with Gasteiger partial charge in [0.25, 0.3) is 11.8 Å². The topological polar surface area (TPSA) is 75.9 Å². The summed E-state index contributed by atoms with van der Waals surface area (Å²) in [5.74, 6) is 0.399. The molecule has 130 valence electrons. The number of morpholine rings is 1. The van der Waals surface area contributed by atoms with E-state index in [2.05, 4.69) is 5.16 Å². The second-order valence-corrected chi connectivity index (χ2v) is 6.26. The average molecular weight is 341 g/mol. The molecule has 25 heavy (non-hydrogen) atoms. The second-order valence-electron chi connectivity index (χ2n) is 6.26. The van der Waals surface area contributed by atoms with Crippen LogP contribution in [0.5, 0.6) is 0 Å². The van der Waals surface area contributed by atoms with Crippen LogP contribution in [0, 0.1) is 0 Å². The van der Waals surface area contributed by atoms with Crippen molar-refractivity contribution in [3.8, 4) is 0 Å². The minimum Gasteiger partial charge on any atom is -0.364 e. The zero-order valence-corrected chi connectivity index (χ0v) is 13.9. The number of nitrogens with zero attached hydrogens (tertiary/aromatic N) is 3. The number of ether oxygens (including phenoxy) is 1. The molecule has 7 heteroatoms. The fourth-order valence-electron chi connectivity index (χ4n) is 3.43. The van der Waals surface area contributed by atoms with Gasteiger partial charge in [0, 0.05) is 31.3 Å². The molecule has 7 nitrogen and oxygen atoms in total. The van der Waals surface area contributed by atoms with Crippen molar-refractivity contribution in [3.63, 3.8) is 0 Å². The molecule has 2 amide bonds. The van der Waals surface area contributed by atoms with E-state index in [1.807, 2.05) is 37.3 Å². The van der Waals surface area contributed by atoms with Crippen molar-refractivity contribution < 1.29 is 18.8 Å². The van der Waals surface area contributed by atoms with Crippen LogP contribution < -0.4 is 4.90 Å². The number of amides is 2. The van der Waals surface area contributed by atoms with Gasteiger partial charge in [-0.15, -0.1) is 0 Å². The zero-order chi connectivity index (χ0) is 17.4. The van der Waals surface area contributed by atoms with Gasteiger partial charge in [-0.05, 0) is 12.1 Å². The number of carbonyl (C=O) groups excluding carboxylic acids is 2. The van der Waals surface area contributed by atoms with E-state index >= 15 is 0 Å². The van der Waals surface area contributed by atoms with Crippen molar-refractivity contribution in [2.45, 2.75) is 25.5 Å². The molecule has 2 aromatic rings. The van der Waals surface area contributed by atoms with Crippen LogP contribution in [0.4, 0.5) is 5.69 Å². The molecule has 2 aliphatic heterocycles. The Morgan fingerprint density at radius 3 is 2.80 bits per heavy atom. The monoisotopic (exact) mass is 341 g/mol. The number of benzene rings is 1. The molecule has 4 rings (SSSR count). The van der Waals surface area contributed by atoms with Crippen LogP contribution in [-0.2, 0) is 16.0 Å². The third-order valence-corrected chi connectivity index (χ3v) is 4.71. The highest BCUT2D eigenvalue weighted by Gasteiger charge is 2.45. The first-order chi connectivity index (χ1) is 12.2. The summed E-state index contributed by atoms with van der Waals surface area (Å²) in [5, 5.41) is 3.85. The average Bonchev–Trinajstić information content (AvgIpc) is 3.28. The first kappa shape index (κ1) is 15.8. The second kappa shape index (κ2) is 6.33. The Morgan fingerprint density at radius 1 is 1.28 bits per heavy atom. The maximum atomic E-state index is 12.7. The van der Waals surface area contributed by atoms with Crippen molar-refractivity contribution in [2.75, 3.05) is 24.6 Å². The summed E-state index contributed by atoms with van der Waals surface area (Å²) in [5.41, 5.74) is 1.13. The number of aromatic nitrogens is 1. The van der Waals surface area contributed by atoms with Gasteiger partial charge in [0.15, 0.2) is 5.69 Å². The lowest BCUT2D eigenvalue weighted by Gasteiger charge is -2.36. The van der Waals surface area contributed by atoms with Crippen molar-refractivity contribution in [1.82, 2.24) is 10.1 Å². The fourth-order valence-corrected chi connectivity index (χ4v) is 3.43. The SMILES string of the molecule is CCc1cc(C(=O)N2C[C@@H]3OCC(=O)N(c4ccccc4)[C@H]3C2)no1. The number of carbonyl (C=O) groups is 2. The zero-order valence-electron chi connectivity index (χ0n) is 13.9. The van der Waals surface area contributed by atoms with Gasteiger partial charge in [0.05, 0.1) is 12.1 Å². The molecule has 0 N–H and O–H groups in total. The summed E-state index contributed by atoms with van der Waals surface area (Å²) < 4.78 is 10.8. The number of hydrogen-bond acceptors (Lipinski definition) is 5. The lowest BCUT2D eigenvalue weighted by atomic mass is 10.1. The first-order valence-electron chi connectivity index (χ1n) is 8.41. The van der Waals surface area contributed by atoms with Gasteiger partial charge in [-0.3, -0.25) is 9.59 Å². The quantitative estimate of drug-likeness (QED) is 0.845. The summed E-state index contributed by atoms with van der Waals surface area (Å²) in [7, 11) is 0. The van der Waals surface area contributed by atoms with E-state index in [1.54, 1.807) is 15.9 Å². The molecule has 2 aliphatic rings. The normalized spacial score (nSPS) is 23.0. The highest BCUT2D eigenvalue weighted by Crippen LogP contribution is 2.29. The van der Waals surface area contributed by atoms with Gasteiger partial charge in [0.2, 0.25) is 0 Å². The van der Waals surface area contributed by atoms with E-state index in [-0.39, 0.29) is 30.6 Å². The minimum atomic E-state index is -0.195. The molecular weight excluding hydrogens is 322 g/mol. The van der Waals surface area contributed by atoms with Gasteiger partial charge in [-0.25, -0.2) is 0 Å². The third-order valence-electron chi connectivity index (χ3n) is 4.71. The molecule has 0 saturated carbocycles. The molecule has 0 aliphatic carbocycles. The Balaban J connectivity index is 1.56. The Labute approximate surface area is 145 Å². The number of para-hydroxylation sites is 1. The van der Waals surface area contributed by atoms with Gasteiger partial charge < -0.3 is 19.1 Å². The van der Waals surface area contributed by atoms with Gasteiger partial charge >= 0.3 is 0 Å². The molecule has 3 heterocycles. The van der Waals surface area contributed by atoms with Crippen molar-refractivity contribution in [2.24, 2.45) is 0 Å². The molecule has 1 aromatic carbocycles. The van der Waals surface area contributed by atoms with E-state index in [0.29, 0.717) is 31.0 Å². The van der Waals surface area contributed by atoms with Crippen LogP contribution in [0.15, 0.2) is 40.9 Å². The molecule has 0 spiro atoms. The van der Waals surface area contributed by atoms with Gasteiger partial charge in [0.1, 0.15) is 12.4 Å². The summed E-state index contributed by atoms with van der Waals surface area (Å²) in [6, 6.07) is 11.0. The van der Waals surface area contributed by atoms with Crippen LogP contribution in [0.2, 0.25) is 0 Å². The summed E-state index contributed by atoms with van der Waals surface area (Å²) in [6.07, 6.45) is 0.490. The van der Waals surface area contributed by atoms with E-state index < -0.39 is 0 Å². The number of hydrogen-bond donors (Lipinski definition) is 0. The van der Waals surface area contributed by atoms with E-state index in [9.17, 15) is 9.59 Å². The molecule has 2 atom stereocenters. The largest absolute Gasteiger partial charge is 0.364 e. The maximum absolute atomic E-state index is 12.7. The molecule has 2 saturated heterocycles. The molecular formula is C18H19N3O4. The summed E-state index contributed by atoms with van der Waals surface area (Å²) in [4.78, 5) is 28.5. The lowest BCUT2D eigenvalue weighted by Crippen LogP contribution is -2.54. The molecule has 0 unspecified atom stereocenters. The molecule has 0 radical (unpaired) electrons. The predicted octanol–water partition coefficient (Wildman–Crippen LogP) is 1.49. The lowest BCUT2D eigenvalue weighted by molar-refractivity contribution is -0.130. The van der Waals surface area contributed by atoms with E-state index in [1.165, 1.54) is 0 Å². The minimum absolute atomic E-state index is 0.0298. The molecule has 1 aromatic heterocycles. The molecule has 0 bridgehead atoms. The fraction of sp³-hybridized carbons (Fsp3) is 0.389. The summed E-state index contributed by atoms with van der Waals surface area (Å²) >= 11 is 0. The van der Waals surface area contributed by atoms with Gasteiger partial charge in [-0.2, -0.15) is 0 Å². The number of fused-ring (bicyclic) bond motifs is 1. The van der Waals surface area contributed by atoms with Crippen LogP contribution in [-0.4, -0.2) is 53.7 Å². The molecule has 2 fully saturated rings. The third kappa shape index (κ3) is 2.80. The van der Waals surface area contributed by atoms with Crippen LogP contribution >= 0.6 is 0 Å². The number of rotatable bonds is 3. The van der Waals surface area contributed by atoms with Crippen LogP contribution in [0.1, 0.15) is 23.2 Å². The number of anilines is 1. The van der Waals surface area contributed by atoms with E-state index in [0.717, 1.165) is 5.69 Å². The standard InChI is InChI=1S/C18H19N3O4/c1-2-13-8-14(19-25-13)18(23)20-9-15-16(10-20)24-11-17(22)21(15)12-6-4-3-5-7-12/h3-8,15-16H,2,9-11H2,1H3/t15-,16-/m0/s1. The Bertz CT molecular complexity index is 789. The summed E-state index contributed by atoms with van der Waals surface area (Å²) in [6.45, 7) is 2.82. The van der Waals surface area contributed by atoms with Gasteiger partial charge in [-0.1, -0.05) is 30.3 Å². The Kier molecular flexibility index (Phi) is 4.01. The Hall–Kier alpha value is -2.67. The highest BCUT2D eigenvalue weighted by molar-refractivity contribution is 5.97. The number of aryl methyl sites for hydroxylation is 1. The smallest absolute Gasteiger partial charge is 0.276 e. The van der Waals surface area contributed by atoms with Crippen molar-refractivity contribution in [1.29, 1.82) is 0 Å². The maximum Gasteiger partial charge on any atom is 0.276 e. The van der Waals surface area contributed by atoms with Crippen LogP contribution in [0.3, 0.4) is 0 Å². The van der Waals surface area contributed by atoms with E-state index in [4.69, 9.17) is 9.26 Å². The first-order valence-corrected chi connectivity index (χ1v) is 8.41. The number of likely N-dealkylation sites (tertiary alicyclic amines) is 1. The van der Waals surface area contributed by atoms with Crippen molar-refractivity contribution >= 4 is 17.5 Å². The predicted molar refractivity (Wildman–Crippen MR) is 89.2 cm³/mol. The van der Waals surface area contributed by atoms with Crippen molar-refractivity contribution in [3.05, 3.63) is 47.9 Å². The highest BCUT2D eigenvalue weighted by atomic mass is 16.5.